The van der Waals surface area contributed by atoms with E-state index in [-0.39, 0.29) is 12.0 Å². The van der Waals surface area contributed by atoms with E-state index in [1.165, 1.54) is 0 Å². The lowest BCUT2D eigenvalue weighted by Crippen LogP contribution is -2.44. The molecule has 0 aliphatic heterocycles. The maximum Gasteiger partial charge on any atom is 0.416 e. The van der Waals surface area contributed by atoms with E-state index in [4.69, 9.17) is 0 Å². The number of hydrogen-bond donors (Lipinski definition) is 3. The molecule has 3 N–H and O–H groups in total. The molecule has 1 amide bonds. The van der Waals surface area contributed by atoms with Crippen LogP contribution >= 0.6 is 22.6 Å². The van der Waals surface area contributed by atoms with Crippen molar-refractivity contribution in [2.45, 2.75) is 24.7 Å². The van der Waals surface area contributed by atoms with Crippen LogP contribution in [0.5, 0.6) is 0 Å². The molecular weight excluding hydrogens is 478 g/mol. The second-order valence-corrected chi connectivity index (χ2v) is 7.00. The largest absolute Gasteiger partial charge is 0.480 e. The molecule has 0 unspecified atom stereocenters. The molecule has 0 spiro atoms. The van der Waals surface area contributed by atoms with Crippen LogP contribution in [-0.2, 0) is 22.2 Å². The molecular formula is C18H15F3INO4. The van der Waals surface area contributed by atoms with Gasteiger partial charge in [-0.3, -0.25) is 4.79 Å². The van der Waals surface area contributed by atoms with Crippen molar-refractivity contribution in [1.82, 2.24) is 5.32 Å². The summed E-state index contributed by atoms with van der Waals surface area (Å²) in [6.45, 7) is 0. The summed E-state index contributed by atoms with van der Waals surface area (Å²) < 4.78 is 38.6. The third kappa shape index (κ3) is 5.93. The molecule has 0 saturated heterocycles. The second kappa shape index (κ2) is 8.70. The van der Waals surface area contributed by atoms with Gasteiger partial charge in [0.1, 0.15) is 6.04 Å². The van der Waals surface area contributed by atoms with E-state index in [1.807, 2.05) is 6.07 Å². The number of halogens is 4. The maximum atomic E-state index is 12.6. The molecule has 0 saturated carbocycles. The average Bonchev–Trinajstić information content (AvgIpc) is 2.59. The number of aliphatic hydroxyl groups is 1. The van der Waals surface area contributed by atoms with Crippen LogP contribution < -0.4 is 5.32 Å². The Hall–Kier alpha value is -2.14. The zero-order chi connectivity index (χ0) is 20.2. The van der Waals surface area contributed by atoms with Gasteiger partial charge >= 0.3 is 12.1 Å². The molecule has 5 nitrogen and oxygen atoms in total. The van der Waals surface area contributed by atoms with Gasteiger partial charge in [-0.15, -0.1) is 0 Å². The summed E-state index contributed by atoms with van der Waals surface area (Å²) in [6.07, 6.45) is -6.32. The van der Waals surface area contributed by atoms with E-state index in [0.29, 0.717) is 5.56 Å². The van der Waals surface area contributed by atoms with Gasteiger partial charge in [0.15, 0.2) is 6.10 Å². The summed E-state index contributed by atoms with van der Waals surface area (Å²) in [5.41, 5.74) is -0.307. The number of rotatable bonds is 6. The molecule has 0 heterocycles. The lowest BCUT2D eigenvalue weighted by Gasteiger charge is -2.18. The quantitative estimate of drug-likeness (QED) is 0.540. The maximum absolute atomic E-state index is 12.6. The minimum Gasteiger partial charge on any atom is -0.480 e. The number of hydrogen-bond acceptors (Lipinski definition) is 3. The van der Waals surface area contributed by atoms with Crippen molar-refractivity contribution >= 4 is 34.5 Å². The Morgan fingerprint density at radius 2 is 1.74 bits per heavy atom. The Morgan fingerprint density at radius 1 is 1.11 bits per heavy atom. The molecule has 0 aromatic heterocycles. The van der Waals surface area contributed by atoms with Gasteiger partial charge in [0.2, 0.25) is 0 Å². The highest BCUT2D eigenvalue weighted by Gasteiger charge is 2.31. The first-order valence-electron chi connectivity index (χ1n) is 7.71. The van der Waals surface area contributed by atoms with Gasteiger partial charge in [-0.2, -0.15) is 13.2 Å². The molecule has 0 radical (unpaired) electrons. The van der Waals surface area contributed by atoms with Gasteiger partial charge in [-0.25, -0.2) is 4.79 Å². The highest BCUT2D eigenvalue weighted by molar-refractivity contribution is 14.1. The minimum atomic E-state index is -4.53. The SMILES string of the molecule is O=C(O)[C@H](Cc1cccc(I)c1)NC(=O)[C@H](O)c1ccc(C(F)(F)F)cc1. The first kappa shape index (κ1) is 21.2. The van der Waals surface area contributed by atoms with Crippen molar-refractivity contribution in [3.05, 3.63) is 68.8 Å². The van der Waals surface area contributed by atoms with Gasteiger partial charge in [0.25, 0.3) is 5.91 Å². The van der Waals surface area contributed by atoms with E-state index < -0.39 is 35.8 Å². The summed E-state index contributed by atoms with van der Waals surface area (Å²) in [4.78, 5) is 23.6. The summed E-state index contributed by atoms with van der Waals surface area (Å²) >= 11 is 2.07. The monoisotopic (exact) mass is 493 g/mol. The summed E-state index contributed by atoms with van der Waals surface area (Å²) in [7, 11) is 0. The summed E-state index contributed by atoms with van der Waals surface area (Å²) in [5.74, 6) is -2.30. The van der Waals surface area contributed by atoms with Crippen LogP contribution in [0, 0.1) is 3.57 Å². The normalized spacial score (nSPS) is 13.7. The number of carboxylic acid groups (broad SMARTS) is 1. The van der Waals surface area contributed by atoms with Crippen LogP contribution in [0.4, 0.5) is 13.2 Å². The smallest absolute Gasteiger partial charge is 0.416 e. The molecule has 0 bridgehead atoms. The molecule has 0 aliphatic carbocycles. The Morgan fingerprint density at radius 3 is 2.26 bits per heavy atom. The lowest BCUT2D eigenvalue weighted by molar-refractivity contribution is -0.143. The molecule has 0 fully saturated rings. The molecule has 27 heavy (non-hydrogen) atoms. The van der Waals surface area contributed by atoms with Gasteiger partial charge in [0, 0.05) is 9.99 Å². The van der Waals surface area contributed by atoms with E-state index in [1.54, 1.807) is 18.2 Å². The van der Waals surface area contributed by atoms with Crippen molar-refractivity contribution in [2.75, 3.05) is 0 Å². The standard InChI is InChI=1S/C18H15F3INO4/c19-18(20,21)12-6-4-11(5-7-12)15(24)16(25)23-14(17(26)27)9-10-2-1-3-13(22)8-10/h1-8,14-15,24H,9H2,(H,23,25)(H,26,27)/t14-,15+/m0/s1. The number of carboxylic acids is 1. The highest BCUT2D eigenvalue weighted by atomic mass is 127. The predicted molar refractivity (Wildman–Crippen MR) is 98.8 cm³/mol. The Kier molecular flexibility index (Phi) is 6.82. The van der Waals surface area contributed by atoms with Crippen molar-refractivity contribution < 1.29 is 33.0 Å². The Labute approximate surface area is 166 Å². The number of carbonyl (C=O) groups excluding carboxylic acids is 1. The van der Waals surface area contributed by atoms with Crippen LogP contribution in [0.2, 0.25) is 0 Å². The first-order valence-corrected chi connectivity index (χ1v) is 8.78. The van der Waals surface area contributed by atoms with E-state index in [9.17, 15) is 33.0 Å². The molecule has 2 aromatic rings. The summed E-state index contributed by atoms with van der Waals surface area (Å²) in [6, 6.07) is 9.18. The highest BCUT2D eigenvalue weighted by Crippen LogP contribution is 2.30. The van der Waals surface area contributed by atoms with Gasteiger partial charge < -0.3 is 15.5 Å². The number of alkyl halides is 3. The fraction of sp³-hybridized carbons (Fsp3) is 0.222. The lowest BCUT2D eigenvalue weighted by atomic mass is 10.0. The molecule has 2 rings (SSSR count). The number of aliphatic carboxylic acids is 1. The molecule has 9 heteroatoms. The third-order valence-corrected chi connectivity index (χ3v) is 4.42. The van der Waals surface area contributed by atoms with Crippen LogP contribution in [-0.4, -0.2) is 28.1 Å². The number of benzene rings is 2. The number of aliphatic hydroxyl groups excluding tert-OH is 1. The van der Waals surface area contributed by atoms with E-state index >= 15 is 0 Å². The average molecular weight is 493 g/mol. The second-order valence-electron chi connectivity index (χ2n) is 5.76. The zero-order valence-corrected chi connectivity index (χ0v) is 15.9. The van der Waals surface area contributed by atoms with E-state index in [2.05, 4.69) is 27.9 Å². The summed E-state index contributed by atoms with van der Waals surface area (Å²) in [5, 5.41) is 21.6. The molecule has 2 atom stereocenters. The minimum absolute atomic E-state index is 0.00233. The van der Waals surface area contributed by atoms with Crippen LogP contribution in [0.1, 0.15) is 22.8 Å². The molecule has 2 aromatic carbocycles. The fourth-order valence-corrected chi connectivity index (χ4v) is 2.96. The third-order valence-electron chi connectivity index (χ3n) is 3.75. The number of amides is 1. The number of nitrogens with one attached hydrogen (secondary N) is 1. The van der Waals surface area contributed by atoms with Gasteiger partial charge in [-0.05, 0) is 58.0 Å². The van der Waals surface area contributed by atoms with Crippen molar-refractivity contribution in [2.24, 2.45) is 0 Å². The first-order chi connectivity index (χ1) is 12.6. The van der Waals surface area contributed by atoms with Crippen molar-refractivity contribution in [3.63, 3.8) is 0 Å². The van der Waals surface area contributed by atoms with Crippen LogP contribution in [0.25, 0.3) is 0 Å². The Balaban J connectivity index is 2.09. The van der Waals surface area contributed by atoms with Crippen LogP contribution in [0.3, 0.4) is 0 Å². The Bertz CT molecular complexity index is 824. The fourth-order valence-electron chi connectivity index (χ4n) is 2.36. The van der Waals surface area contributed by atoms with Crippen molar-refractivity contribution in [1.29, 1.82) is 0 Å². The van der Waals surface area contributed by atoms with Gasteiger partial charge in [0.05, 0.1) is 5.56 Å². The zero-order valence-electron chi connectivity index (χ0n) is 13.7. The molecule has 0 aliphatic rings. The predicted octanol–water partition coefficient (Wildman–Crippen LogP) is 3.16. The number of carbonyl (C=O) groups is 2. The van der Waals surface area contributed by atoms with Crippen molar-refractivity contribution in [3.8, 4) is 0 Å². The van der Waals surface area contributed by atoms with E-state index in [0.717, 1.165) is 27.8 Å². The topological polar surface area (TPSA) is 86.6 Å². The van der Waals surface area contributed by atoms with Gasteiger partial charge in [-0.1, -0.05) is 24.3 Å². The molecule has 144 valence electrons. The van der Waals surface area contributed by atoms with Crippen LogP contribution in [0.15, 0.2) is 48.5 Å².